The second kappa shape index (κ2) is 8.05. The van der Waals surface area contributed by atoms with Crippen molar-refractivity contribution in [2.45, 2.75) is 57.5 Å². The van der Waals surface area contributed by atoms with E-state index in [2.05, 4.69) is 15.9 Å². The zero-order valence-electron chi connectivity index (χ0n) is 18.4. The molecule has 5 aliphatic rings. The highest BCUT2D eigenvalue weighted by Crippen LogP contribution is 2.60. The summed E-state index contributed by atoms with van der Waals surface area (Å²) in [4.78, 5) is 45.0. The van der Waals surface area contributed by atoms with Crippen molar-refractivity contribution < 1.29 is 14.4 Å². The highest BCUT2D eigenvalue weighted by Gasteiger charge is 2.57. The SMILES string of the molecule is O=C1CC(N(Cc2cccs2)C(=O)C23CC4CC(CC(C4)C2)C3)C(=O)N1c1ccc(Br)cc1. The van der Waals surface area contributed by atoms with Crippen molar-refractivity contribution in [3.05, 3.63) is 51.1 Å². The van der Waals surface area contributed by atoms with E-state index in [-0.39, 0.29) is 29.6 Å². The molecule has 1 atom stereocenters. The van der Waals surface area contributed by atoms with E-state index in [0.29, 0.717) is 30.0 Å². The maximum absolute atomic E-state index is 14.3. The van der Waals surface area contributed by atoms with Gasteiger partial charge in [0, 0.05) is 9.35 Å². The smallest absolute Gasteiger partial charge is 0.257 e. The quantitative estimate of drug-likeness (QED) is 0.491. The Labute approximate surface area is 206 Å². The molecule has 5 nitrogen and oxygen atoms in total. The summed E-state index contributed by atoms with van der Waals surface area (Å²) in [6.07, 6.45) is 6.68. The molecule has 1 aliphatic heterocycles. The molecule has 3 amide bonds. The predicted molar refractivity (Wildman–Crippen MR) is 131 cm³/mol. The van der Waals surface area contributed by atoms with Gasteiger partial charge in [-0.05, 0) is 92.0 Å². The number of carbonyl (C=O) groups is 3. The van der Waals surface area contributed by atoms with E-state index < -0.39 is 6.04 Å². The van der Waals surface area contributed by atoms with Gasteiger partial charge in [-0.1, -0.05) is 22.0 Å². The minimum Gasteiger partial charge on any atom is -0.324 e. The number of carbonyl (C=O) groups excluding carboxylic acids is 3. The Hall–Kier alpha value is -1.99. The largest absolute Gasteiger partial charge is 0.324 e. The van der Waals surface area contributed by atoms with Gasteiger partial charge in [0.2, 0.25) is 11.8 Å². The Morgan fingerprint density at radius 1 is 1.03 bits per heavy atom. The molecule has 1 saturated heterocycles. The van der Waals surface area contributed by atoms with Gasteiger partial charge in [0.25, 0.3) is 5.91 Å². The summed E-state index contributed by atoms with van der Waals surface area (Å²) in [6.45, 7) is 0.399. The number of anilines is 1. The summed E-state index contributed by atoms with van der Waals surface area (Å²) in [6, 6.07) is 10.4. The van der Waals surface area contributed by atoms with Crippen LogP contribution in [-0.4, -0.2) is 28.7 Å². The fourth-order valence-electron chi connectivity index (χ4n) is 7.29. The molecular formula is C26H27BrN2O3S. The fourth-order valence-corrected chi connectivity index (χ4v) is 8.26. The first kappa shape index (κ1) is 21.5. The van der Waals surface area contributed by atoms with Crippen LogP contribution in [0.25, 0.3) is 0 Å². The van der Waals surface area contributed by atoms with Crippen LogP contribution in [0.15, 0.2) is 46.3 Å². The molecule has 0 radical (unpaired) electrons. The molecule has 0 spiro atoms. The van der Waals surface area contributed by atoms with Crippen molar-refractivity contribution >= 4 is 50.7 Å². The molecule has 0 N–H and O–H groups in total. The van der Waals surface area contributed by atoms with Crippen molar-refractivity contribution in [2.24, 2.45) is 23.2 Å². The van der Waals surface area contributed by atoms with Crippen molar-refractivity contribution in [3.63, 3.8) is 0 Å². The summed E-state index contributed by atoms with van der Waals surface area (Å²) < 4.78 is 0.887. The first-order valence-electron chi connectivity index (χ1n) is 11.9. The molecule has 5 fully saturated rings. The lowest BCUT2D eigenvalue weighted by Gasteiger charge is -2.56. The first-order valence-corrected chi connectivity index (χ1v) is 13.5. The number of hydrogen-bond acceptors (Lipinski definition) is 4. The van der Waals surface area contributed by atoms with E-state index >= 15 is 0 Å². The van der Waals surface area contributed by atoms with E-state index in [1.165, 1.54) is 24.2 Å². The topological polar surface area (TPSA) is 57.7 Å². The predicted octanol–water partition coefficient (Wildman–Crippen LogP) is 5.39. The maximum atomic E-state index is 14.3. The third-order valence-corrected chi connectivity index (χ3v) is 9.63. The fraction of sp³-hybridized carbons (Fsp3) is 0.500. The normalized spacial score (nSPS) is 32.6. The molecule has 1 aromatic carbocycles. The van der Waals surface area contributed by atoms with Crippen LogP contribution in [0.3, 0.4) is 0 Å². The summed E-state index contributed by atoms with van der Waals surface area (Å²) in [5.41, 5.74) is 0.217. The third kappa shape index (κ3) is 3.68. The lowest BCUT2D eigenvalue weighted by molar-refractivity contribution is -0.162. The summed E-state index contributed by atoms with van der Waals surface area (Å²) in [5.74, 6) is 1.52. The molecule has 7 heteroatoms. The van der Waals surface area contributed by atoms with Crippen LogP contribution in [-0.2, 0) is 20.9 Å². The number of benzene rings is 1. The van der Waals surface area contributed by atoms with Crippen molar-refractivity contribution in [1.29, 1.82) is 0 Å². The van der Waals surface area contributed by atoms with Gasteiger partial charge in [-0.25, -0.2) is 4.90 Å². The van der Waals surface area contributed by atoms with E-state index in [0.717, 1.165) is 28.6 Å². The minimum absolute atomic E-state index is 0.0539. The van der Waals surface area contributed by atoms with Crippen LogP contribution in [0.2, 0.25) is 0 Å². The van der Waals surface area contributed by atoms with Gasteiger partial charge in [0.1, 0.15) is 6.04 Å². The standard InChI is InChI=1S/C26H27BrN2O3S/c27-19-3-5-20(6-4-19)29-23(30)11-22(24(29)31)28(15-21-2-1-7-33-21)25(32)26-12-16-8-17(13-26)10-18(9-16)14-26/h1-7,16-18,22H,8-15H2. The van der Waals surface area contributed by atoms with Gasteiger partial charge < -0.3 is 4.90 Å². The number of amides is 3. The van der Waals surface area contributed by atoms with E-state index in [4.69, 9.17) is 0 Å². The molecule has 2 aromatic rings. The Kier molecular flexibility index (Phi) is 5.25. The number of rotatable bonds is 5. The monoisotopic (exact) mass is 526 g/mol. The number of halogens is 1. The molecule has 1 aromatic heterocycles. The summed E-state index contributed by atoms with van der Waals surface area (Å²) >= 11 is 5.00. The zero-order chi connectivity index (χ0) is 22.7. The average Bonchev–Trinajstić information content (AvgIpc) is 3.39. The van der Waals surface area contributed by atoms with Crippen LogP contribution in [0.4, 0.5) is 5.69 Å². The zero-order valence-corrected chi connectivity index (χ0v) is 20.8. The molecule has 4 saturated carbocycles. The molecule has 4 aliphatic carbocycles. The maximum Gasteiger partial charge on any atom is 0.257 e. The van der Waals surface area contributed by atoms with Gasteiger partial charge >= 0.3 is 0 Å². The molecule has 7 rings (SSSR count). The number of thiophene rings is 1. The summed E-state index contributed by atoms with van der Waals surface area (Å²) in [7, 11) is 0. The highest BCUT2D eigenvalue weighted by molar-refractivity contribution is 9.10. The van der Waals surface area contributed by atoms with Gasteiger partial charge in [0.05, 0.1) is 24.1 Å². The number of nitrogens with zero attached hydrogens (tertiary/aromatic N) is 2. The molecule has 4 bridgehead atoms. The van der Waals surface area contributed by atoms with Gasteiger partial charge in [-0.2, -0.15) is 0 Å². The lowest BCUT2D eigenvalue weighted by Crippen LogP contribution is -2.57. The number of hydrogen-bond donors (Lipinski definition) is 0. The molecular weight excluding hydrogens is 500 g/mol. The van der Waals surface area contributed by atoms with Crippen molar-refractivity contribution in [3.8, 4) is 0 Å². The average molecular weight is 527 g/mol. The Morgan fingerprint density at radius 3 is 2.24 bits per heavy atom. The first-order chi connectivity index (χ1) is 15.9. The van der Waals surface area contributed by atoms with E-state index in [1.807, 2.05) is 29.6 Å². The van der Waals surface area contributed by atoms with Crippen LogP contribution in [0, 0.1) is 23.2 Å². The molecule has 172 valence electrons. The second-order valence-electron chi connectivity index (χ2n) is 10.5. The van der Waals surface area contributed by atoms with Crippen LogP contribution in [0.1, 0.15) is 49.8 Å². The molecule has 2 heterocycles. The molecule has 1 unspecified atom stereocenters. The lowest BCUT2D eigenvalue weighted by atomic mass is 9.49. The van der Waals surface area contributed by atoms with Gasteiger partial charge in [0.15, 0.2) is 0 Å². The van der Waals surface area contributed by atoms with E-state index in [9.17, 15) is 14.4 Å². The highest BCUT2D eigenvalue weighted by atomic mass is 79.9. The van der Waals surface area contributed by atoms with Gasteiger partial charge in [-0.3, -0.25) is 14.4 Å². The minimum atomic E-state index is -0.733. The Morgan fingerprint density at radius 2 is 1.67 bits per heavy atom. The Bertz CT molecular complexity index is 1060. The van der Waals surface area contributed by atoms with Crippen LogP contribution < -0.4 is 4.90 Å². The van der Waals surface area contributed by atoms with Crippen LogP contribution >= 0.6 is 27.3 Å². The number of imide groups is 1. The summed E-state index contributed by atoms with van der Waals surface area (Å²) in [5, 5.41) is 2.00. The molecule has 33 heavy (non-hydrogen) atoms. The van der Waals surface area contributed by atoms with E-state index in [1.54, 1.807) is 28.4 Å². The van der Waals surface area contributed by atoms with Gasteiger partial charge in [-0.15, -0.1) is 11.3 Å². The van der Waals surface area contributed by atoms with Crippen LogP contribution in [0.5, 0.6) is 0 Å². The van der Waals surface area contributed by atoms with Crippen molar-refractivity contribution in [1.82, 2.24) is 4.90 Å². The second-order valence-corrected chi connectivity index (χ2v) is 12.4. The van der Waals surface area contributed by atoms with Crippen molar-refractivity contribution in [2.75, 3.05) is 4.90 Å². The third-order valence-electron chi connectivity index (χ3n) is 8.24. The Balaban J connectivity index is 1.33.